The van der Waals surface area contributed by atoms with Crippen LogP contribution in [0.5, 0.6) is 0 Å². The number of rotatable bonds is 2. The fourth-order valence-electron chi connectivity index (χ4n) is 2.13. The van der Waals surface area contributed by atoms with Crippen LogP contribution in [0, 0.1) is 0 Å². The van der Waals surface area contributed by atoms with Crippen LogP contribution in [0.15, 0.2) is 0 Å². The Morgan fingerprint density at radius 2 is 2.06 bits per heavy atom. The molecule has 4 nitrogen and oxygen atoms in total. The van der Waals surface area contributed by atoms with Gasteiger partial charge in [-0.3, -0.25) is 9.69 Å². The Bertz CT molecular complexity index is 248. The Hall–Kier alpha value is -0.610. The quantitative estimate of drug-likeness (QED) is 0.716. The van der Waals surface area contributed by atoms with Crippen LogP contribution in [-0.2, 0) is 9.53 Å². The van der Waals surface area contributed by atoms with Gasteiger partial charge < -0.3 is 10.1 Å². The number of carbonyl (C=O) groups excluding carboxylic acids is 1. The molecule has 1 aliphatic rings. The van der Waals surface area contributed by atoms with Gasteiger partial charge in [-0.25, -0.2) is 0 Å². The lowest BCUT2D eigenvalue weighted by Crippen LogP contribution is -2.60. The van der Waals surface area contributed by atoms with Crippen LogP contribution in [0.3, 0.4) is 0 Å². The molecule has 0 bridgehead atoms. The highest BCUT2D eigenvalue weighted by atomic mass is 16.5. The molecule has 1 heterocycles. The first-order valence-corrected chi connectivity index (χ1v) is 5.91. The lowest BCUT2D eigenvalue weighted by atomic mass is 9.99. The van der Waals surface area contributed by atoms with Crippen LogP contribution in [-0.4, -0.2) is 48.7 Å². The third kappa shape index (κ3) is 3.76. The zero-order valence-electron chi connectivity index (χ0n) is 11.0. The van der Waals surface area contributed by atoms with Gasteiger partial charge in [0.25, 0.3) is 0 Å². The van der Waals surface area contributed by atoms with Gasteiger partial charge in [-0.1, -0.05) is 0 Å². The monoisotopic (exact) mass is 228 g/mol. The van der Waals surface area contributed by atoms with Gasteiger partial charge in [-0.05, 0) is 27.7 Å². The maximum Gasteiger partial charge on any atom is 0.307 e. The molecule has 0 spiro atoms. The molecule has 0 aromatic carbocycles. The van der Waals surface area contributed by atoms with Gasteiger partial charge >= 0.3 is 5.97 Å². The van der Waals surface area contributed by atoms with Crippen LogP contribution < -0.4 is 5.32 Å². The van der Waals surface area contributed by atoms with Crippen molar-refractivity contribution < 1.29 is 9.53 Å². The van der Waals surface area contributed by atoms with E-state index in [-0.39, 0.29) is 17.6 Å². The second kappa shape index (κ2) is 5.15. The number of ether oxygens (including phenoxy) is 1. The van der Waals surface area contributed by atoms with Gasteiger partial charge in [0.15, 0.2) is 0 Å². The van der Waals surface area contributed by atoms with E-state index in [1.54, 1.807) is 0 Å². The summed E-state index contributed by atoms with van der Waals surface area (Å²) < 4.78 is 4.71. The summed E-state index contributed by atoms with van der Waals surface area (Å²) in [5, 5.41) is 3.44. The lowest BCUT2D eigenvalue weighted by molar-refractivity contribution is -0.141. The zero-order valence-corrected chi connectivity index (χ0v) is 11.0. The molecular weight excluding hydrogens is 204 g/mol. The van der Waals surface area contributed by atoms with Crippen molar-refractivity contribution in [1.82, 2.24) is 10.2 Å². The predicted octanol–water partition coefficient (Wildman–Crippen LogP) is 1.01. The maximum absolute atomic E-state index is 11.3. The molecule has 1 rings (SSSR count). The van der Waals surface area contributed by atoms with Crippen molar-refractivity contribution in [2.24, 2.45) is 0 Å². The van der Waals surface area contributed by atoms with Crippen LogP contribution >= 0.6 is 0 Å². The van der Waals surface area contributed by atoms with Crippen LogP contribution in [0.25, 0.3) is 0 Å². The van der Waals surface area contributed by atoms with Gasteiger partial charge in [0, 0.05) is 30.7 Å². The number of hydrogen-bond donors (Lipinski definition) is 1. The predicted molar refractivity (Wildman–Crippen MR) is 64.3 cm³/mol. The van der Waals surface area contributed by atoms with E-state index in [9.17, 15) is 4.79 Å². The first-order chi connectivity index (χ1) is 7.32. The number of esters is 1. The van der Waals surface area contributed by atoms with Crippen molar-refractivity contribution in [3.05, 3.63) is 0 Å². The Morgan fingerprint density at radius 3 is 2.56 bits per heavy atom. The van der Waals surface area contributed by atoms with E-state index in [0.29, 0.717) is 12.5 Å². The summed E-state index contributed by atoms with van der Waals surface area (Å²) in [5.74, 6) is -0.138. The molecule has 0 saturated carbocycles. The van der Waals surface area contributed by atoms with Crippen molar-refractivity contribution in [3.63, 3.8) is 0 Å². The fourth-order valence-corrected chi connectivity index (χ4v) is 2.13. The van der Waals surface area contributed by atoms with Gasteiger partial charge in [0.05, 0.1) is 13.5 Å². The highest BCUT2D eigenvalue weighted by Crippen LogP contribution is 2.18. The molecule has 1 fully saturated rings. The number of nitrogens with one attached hydrogen (secondary N) is 1. The van der Waals surface area contributed by atoms with Gasteiger partial charge in [-0.2, -0.15) is 0 Å². The summed E-state index contributed by atoms with van der Waals surface area (Å²) in [4.78, 5) is 13.7. The van der Waals surface area contributed by atoms with E-state index in [1.807, 2.05) is 0 Å². The molecule has 0 aromatic heterocycles. The molecule has 2 atom stereocenters. The molecule has 1 saturated heterocycles. The van der Waals surface area contributed by atoms with Crippen LogP contribution in [0.1, 0.15) is 34.1 Å². The second-order valence-corrected chi connectivity index (χ2v) is 5.62. The van der Waals surface area contributed by atoms with Crippen molar-refractivity contribution in [2.75, 3.05) is 20.2 Å². The standard InChI is InChI=1S/C12H24N2O2/c1-9-7-14(12(2,3)4)8-10(13-9)6-11(15)16-5/h9-10,13H,6-8H2,1-5H3. The van der Waals surface area contributed by atoms with Crippen molar-refractivity contribution in [3.8, 4) is 0 Å². The number of hydrogen-bond acceptors (Lipinski definition) is 4. The minimum atomic E-state index is -0.138. The van der Waals surface area contributed by atoms with E-state index >= 15 is 0 Å². The number of nitrogens with zero attached hydrogens (tertiary/aromatic N) is 1. The molecule has 0 amide bonds. The molecule has 0 radical (unpaired) electrons. The minimum absolute atomic E-state index is 0.138. The Balaban J connectivity index is 2.58. The molecule has 0 aromatic rings. The van der Waals surface area contributed by atoms with E-state index in [2.05, 4.69) is 37.9 Å². The number of piperazine rings is 1. The maximum atomic E-state index is 11.3. The highest BCUT2D eigenvalue weighted by molar-refractivity contribution is 5.70. The summed E-state index contributed by atoms with van der Waals surface area (Å²) >= 11 is 0. The summed E-state index contributed by atoms with van der Waals surface area (Å²) in [6.07, 6.45) is 0.452. The molecule has 1 N–H and O–H groups in total. The molecular formula is C12H24N2O2. The Morgan fingerprint density at radius 1 is 1.44 bits per heavy atom. The smallest absolute Gasteiger partial charge is 0.307 e. The van der Waals surface area contributed by atoms with Crippen molar-refractivity contribution in [1.29, 1.82) is 0 Å². The normalized spacial score (nSPS) is 27.8. The van der Waals surface area contributed by atoms with E-state index in [4.69, 9.17) is 4.74 Å². The summed E-state index contributed by atoms with van der Waals surface area (Å²) in [6.45, 7) is 10.7. The molecule has 4 heteroatoms. The fraction of sp³-hybridized carbons (Fsp3) is 0.917. The molecule has 16 heavy (non-hydrogen) atoms. The Kier molecular flexibility index (Phi) is 4.33. The van der Waals surface area contributed by atoms with Crippen LogP contribution in [0.2, 0.25) is 0 Å². The SMILES string of the molecule is COC(=O)CC1CN(C(C)(C)C)CC(C)N1. The third-order valence-electron chi connectivity index (χ3n) is 3.04. The van der Waals surface area contributed by atoms with Gasteiger partial charge in [0.2, 0.25) is 0 Å². The second-order valence-electron chi connectivity index (χ2n) is 5.62. The minimum Gasteiger partial charge on any atom is -0.469 e. The van der Waals surface area contributed by atoms with Gasteiger partial charge in [-0.15, -0.1) is 0 Å². The molecule has 94 valence electrons. The molecule has 1 aliphatic heterocycles. The lowest BCUT2D eigenvalue weighted by Gasteiger charge is -2.44. The average molecular weight is 228 g/mol. The van der Waals surface area contributed by atoms with E-state index in [0.717, 1.165) is 13.1 Å². The van der Waals surface area contributed by atoms with Crippen molar-refractivity contribution >= 4 is 5.97 Å². The third-order valence-corrected chi connectivity index (χ3v) is 3.04. The van der Waals surface area contributed by atoms with Gasteiger partial charge in [0.1, 0.15) is 0 Å². The zero-order chi connectivity index (χ0) is 12.3. The number of methoxy groups -OCH3 is 1. The van der Waals surface area contributed by atoms with E-state index in [1.165, 1.54) is 7.11 Å². The highest BCUT2D eigenvalue weighted by Gasteiger charge is 2.31. The number of carbonyl (C=O) groups is 1. The van der Waals surface area contributed by atoms with Crippen LogP contribution in [0.4, 0.5) is 0 Å². The molecule has 2 unspecified atom stereocenters. The first kappa shape index (κ1) is 13.5. The largest absolute Gasteiger partial charge is 0.469 e. The molecule has 0 aliphatic carbocycles. The Labute approximate surface area is 98.3 Å². The summed E-state index contributed by atoms with van der Waals surface area (Å²) in [6, 6.07) is 0.623. The summed E-state index contributed by atoms with van der Waals surface area (Å²) in [5.41, 5.74) is 0.157. The van der Waals surface area contributed by atoms with Crippen molar-refractivity contribution in [2.45, 2.75) is 51.7 Å². The summed E-state index contributed by atoms with van der Waals surface area (Å²) in [7, 11) is 1.44. The van der Waals surface area contributed by atoms with E-state index < -0.39 is 0 Å². The first-order valence-electron chi connectivity index (χ1n) is 5.91. The topological polar surface area (TPSA) is 41.6 Å². The average Bonchev–Trinajstić information content (AvgIpc) is 2.15.